The Kier molecular flexibility index (Phi) is 3.81. The first kappa shape index (κ1) is 10.6. The van der Waals surface area contributed by atoms with Gasteiger partial charge < -0.3 is 5.73 Å². The third-order valence-corrected chi connectivity index (χ3v) is 2.49. The van der Waals surface area contributed by atoms with E-state index in [0.717, 1.165) is 0 Å². The van der Waals surface area contributed by atoms with E-state index in [2.05, 4.69) is 28.6 Å². The first-order chi connectivity index (χ1) is 6.16. The molecule has 0 fully saturated rings. The Morgan fingerprint density at radius 1 is 1.54 bits per heavy atom. The fraction of sp³-hybridized carbons (Fsp3) is 0.222. The molecule has 1 aromatic rings. The molecule has 0 atom stereocenters. The lowest BCUT2D eigenvalue weighted by Gasteiger charge is -2.05. The molecule has 0 saturated carbocycles. The van der Waals surface area contributed by atoms with Gasteiger partial charge in [-0.05, 0) is 12.1 Å². The monoisotopic (exact) mass is 259 g/mol. The first-order valence-electron chi connectivity index (χ1n) is 3.83. The number of hydrogen-bond acceptors (Lipinski definition) is 3. The molecule has 0 saturated heterocycles. The number of carbonyl (C=O) groups is 1. The van der Waals surface area contributed by atoms with Gasteiger partial charge in [0.2, 0.25) is 0 Å². The lowest BCUT2D eigenvalue weighted by Crippen LogP contribution is -2.04. The molecule has 4 heteroatoms. The smallest absolute Gasteiger partial charge is 0.165 e. The minimum Gasteiger partial charge on any atom is -0.397 e. The number of thiol groups is 1. The molecule has 0 heterocycles. The van der Waals surface area contributed by atoms with Crippen LogP contribution in [0.25, 0.3) is 0 Å². The maximum atomic E-state index is 11.5. The number of halogens is 1. The highest BCUT2D eigenvalue weighted by Crippen LogP contribution is 2.21. The van der Waals surface area contributed by atoms with Crippen LogP contribution in [-0.2, 0) is 0 Å². The number of nitrogens with two attached hydrogens (primary N) is 1. The molecule has 2 nitrogen and oxygen atoms in total. The van der Waals surface area contributed by atoms with E-state index < -0.39 is 0 Å². The highest BCUT2D eigenvalue weighted by atomic mass is 79.9. The zero-order chi connectivity index (χ0) is 9.84. The number of hydrogen-bond donors (Lipinski definition) is 2. The molecule has 0 aliphatic heterocycles. The van der Waals surface area contributed by atoms with Crippen molar-refractivity contribution in [2.45, 2.75) is 11.3 Å². The van der Waals surface area contributed by atoms with Crippen LogP contribution in [-0.4, -0.2) is 11.1 Å². The molecule has 1 rings (SSSR count). The maximum Gasteiger partial charge on any atom is 0.165 e. The van der Waals surface area contributed by atoms with Gasteiger partial charge in [-0.2, -0.15) is 0 Å². The average Bonchev–Trinajstić information content (AvgIpc) is 2.10. The standard InChI is InChI=1S/C9H10BrNOS/c10-5-4-7(12)6-2-1-3-8(13)9(6)11/h1-3,13H,4-5,11H2. The van der Waals surface area contributed by atoms with Crippen molar-refractivity contribution in [2.75, 3.05) is 11.1 Å². The molecule has 1 aromatic carbocycles. The third kappa shape index (κ3) is 2.48. The normalized spacial score (nSPS) is 10.0. The fourth-order valence-electron chi connectivity index (χ4n) is 1.02. The molecule has 0 amide bonds. The van der Waals surface area contributed by atoms with E-state index in [-0.39, 0.29) is 5.78 Å². The van der Waals surface area contributed by atoms with Crippen LogP contribution >= 0.6 is 28.6 Å². The van der Waals surface area contributed by atoms with Gasteiger partial charge >= 0.3 is 0 Å². The topological polar surface area (TPSA) is 43.1 Å². The van der Waals surface area contributed by atoms with Crippen LogP contribution in [0.15, 0.2) is 23.1 Å². The van der Waals surface area contributed by atoms with E-state index in [9.17, 15) is 4.79 Å². The molecule has 0 aliphatic rings. The van der Waals surface area contributed by atoms with Gasteiger partial charge in [-0.1, -0.05) is 22.0 Å². The molecular weight excluding hydrogens is 250 g/mol. The third-order valence-electron chi connectivity index (χ3n) is 1.71. The summed E-state index contributed by atoms with van der Waals surface area (Å²) >= 11 is 7.35. The SMILES string of the molecule is Nc1c(S)cccc1C(=O)CCBr. The minimum atomic E-state index is 0.0466. The zero-order valence-corrected chi connectivity index (χ0v) is 9.44. The van der Waals surface area contributed by atoms with Gasteiger partial charge in [0.1, 0.15) is 0 Å². The number of rotatable bonds is 3. The summed E-state index contributed by atoms with van der Waals surface area (Å²) < 4.78 is 0. The van der Waals surface area contributed by atoms with Crippen molar-refractivity contribution in [1.29, 1.82) is 0 Å². The summed E-state index contributed by atoms with van der Waals surface area (Å²) in [5.41, 5.74) is 6.73. The number of para-hydroxylation sites is 1. The van der Waals surface area contributed by atoms with Crippen molar-refractivity contribution in [2.24, 2.45) is 0 Å². The molecular formula is C9H10BrNOS. The highest BCUT2D eigenvalue weighted by molar-refractivity contribution is 9.09. The Hall–Kier alpha value is -0.480. The van der Waals surface area contributed by atoms with Crippen LogP contribution in [0.3, 0.4) is 0 Å². The summed E-state index contributed by atoms with van der Waals surface area (Å²) in [6, 6.07) is 5.27. The van der Waals surface area contributed by atoms with Crippen LogP contribution in [0.2, 0.25) is 0 Å². The Labute approximate surface area is 91.1 Å². The van der Waals surface area contributed by atoms with E-state index in [0.29, 0.717) is 27.9 Å². The first-order valence-corrected chi connectivity index (χ1v) is 5.40. The van der Waals surface area contributed by atoms with E-state index >= 15 is 0 Å². The largest absolute Gasteiger partial charge is 0.397 e. The molecule has 2 N–H and O–H groups in total. The van der Waals surface area contributed by atoms with Crippen LogP contribution in [0.5, 0.6) is 0 Å². The lowest BCUT2D eigenvalue weighted by atomic mass is 10.1. The van der Waals surface area contributed by atoms with E-state index in [1.165, 1.54) is 0 Å². The van der Waals surface area contributed by atoms with E-state index in [1.54, 1.807) is 18.2 Å². The molecule has 0 bridgehead atoms. The molecule has 0 unspecified atom stereocenters. The van der Waals surface area contributed by atoms with Crippen molar-refractivity contribution < 1.29 is 4.79 Å². The second-order valence-corrected chi connectivity index (χ2v) is 3.88. The summed E-state index contributed by atoms with van der Waals surface area (Å²) in [6.45, 7) is 0. The van der Waals surface area contributed by atoms with Crippen molar-refractivity contribution in [3.63, 3.8) is 0 Å². The number of carbonyl (C=O) groups excluding carboxylic acids is 1. The van der Waals surface area contributed by atoms with Crippen molar-refractivity contribution in [3.05, 3.63) is 23.8 Å². The van der Waals surface area contributed by atoms with Crippen molar-refractivity contribution in [3.8, 4) is 0 Å². The van der Waals surface area contributed by atoms with E-state index in [4.69, 9.17) is 5.73 Å². The van der Waals surface area contributed by atoms with Crippen molar-refractivity contribution >= 4 is 40.0 Å². The Morgan fingerprint density at radius 3 is 2.85 bits per heavy atom. The molecule has 0 radical (unpaired) electrons. The van der Waals surface area contributed by atoms with Gasteiger partial charge in [-0.3, -0.25) is 4.79 Å². The predicted molar refractivity (Wildman–Crippen MR) is 60.8 cm³/mol. The molecule has 0 aliphatic carbocycles. The quantitative estimate of drug-likeness (QED) is 0.379. The predicted octanol–water partition coefficient (Wildman–Crippen LogP) is 2.53. The number of anilines is 1. The summed E-state index contributed by atoms with van der Waals surface area (Å²) in [5, 5.41) is 0.655. The summed E-state index contributed by atoms with van der Waals surface area (Å²) in [6.07, 6.45) is 0.460. The lowest BCUT2D eigenvalue weighted by molar-refractivity contribution is 0.0990. The van der Waals surface area contributed by atoms with Gasteiger partial charge in [-0.15, -0.1) is 12.6 Å². The van der Waals surface area contributed by atoms with Gasteiger partial charge in [0.15, 0.2) is 5.78 Å². The van der Waals surface area contributed by atoms with Crippen LogP contribution in [0.4, 0.5) is 5.69 Å². The second-order valence-electron chi connectivity index (χ2n) is 2.60. The molecule has 70 valence electrons. The molecule has 13 heavy (non-hydrogen) atoms. The Morgan fingerprint density at radius 2 is 2.23 bits per heavy atom. The fourth-order valence-corrected chi connectivity index (χ4v) is 1.58. The van der Waals surface area contributed by atoms with Gasteiger partial charge in [-0.25, -0.2) is 0 Å². The van der Waals surface area contributed by atoms with Gasteiger partial charge in [0.05, 0.1) is 5.69 Å². The number of alkyl halides is 1. The number of Topliss-reactive ketones (excluding diaryl/α,β-unsaturated/α-hetero) is 1. The number of benzene rings is 1. The molecule has 0 spiro atoms. The summed E-state index contributed by atoms with van der Waals surface area (Å²) in [4.78, 5) is 12.1. The molecule has 0 aromatic heterocycles. The summed E-state index contributed by atoms with van der Waals surface area (Å²) in [5.74, 6) is 0.0466. The van der Waals surface area contributed by atoms with E-state index in [1.807, 2.05) is 0 Å². The van der Waals surface area contributed by atoms with Crippen LogP contribution in [0.1, 0.15) is 16.8 Å². The summed E-state index contributed by atoms with van der Waals surface area (Å²) in [7, 11) is 0. The number of nitrogen functional groups attached to an aromatic ring is 1. The Bertz CT molecular complexity index is 327. The minimum absolute atomic E-state index is 0.0466. The zero-order valence-electron chi connectivity index (χ0n) is 6.96. The second kappa shape index (κ2) is 4.67. The van der Waals surface area contributed by atoms with Gasteiger partial charge in [0.25, 0.3) is 0 Å². The maximum absolute atomic E-state index is 11.5. The highest BCUT2D eigenvalue weighted by Gasteiger charge is 2.09. The van der Waals surface area contributed by atoms with Crippen LogP contribution < -0.4 is 5.73 Å². The Balaban J connectivity index is 3.01. The van der Waals surface area contributed by atoms with Crippen LogP contribution in [0, 0.1) is 0 Å². The van der Waals surface area contributed by atoms with Gasteiger partial charge in [0, 0.05) is 22.2 Å². The van der Waals surface area contributed by atoms with Crippen molar-refractivity contribution in [1.82, 2.24) is 0 Å². The number of ketones is 1. The average molecular weight is 260 g/mol.